The van der Waals surface area contributed by atoms with Crippen LogP contribution in [-0.2, 0) is 0 Å². The van der Waals surface area contributed by atoms with E-state index in [4.69, 9.17) is 0 Å². The van der Waals surface area contributed by atoms with Gasteiger partial charge in [-0.1, -0.05) is 54.6 Å². The zero-order valence-corrected chi connectivity index (χ0v) is 21.1. The fourth-order valence-corrected chi connectivity index (χ4v) is 4.18. The zero-order valence-electron chi connectivity index (χ0n) is 21.1. The van der Waals surface area contributed by atoms with Gasteiger partial charge in [0.05, 0.1) is 0 Å². The van der Waals surface area contributed by atoms with Gasteiger partial charge in [-0.15, -0.1) is 0 Å². The van der Waals surface area contributed by atoms with Crippen molar-refractivity contribution in [2.45, 2.75) is 0 Å². The van der Waals surface area contributed by atoms with Gasteiger partial charge in [0.1, 0.15) is 17.1 Å². The summed E-state index contributed by atoms with van der Waals surface area (Å²) in [4.78, 5) is 8.80. The minimum Gasteiger partial charge on any atom is -0.214 e. The molecule has 0 amide bonds. The first-order chi connectivity index (χ1) is 20.8. The van der Waals surface area contributed by atoms with Gasteiger partial charge in [0.15, 0.2) is 17.5 Å². The monoisotopic (exact) mass is 627 g/mol. The third-order valence-corrected chi connectivity index (χ3v) is 6.17. The molecule has 5 aromatic rings. The fourth-order valence-electron chi connectivity index (χ4n) is 4.18. The second-order valence-electron chi connectivity index (χ2n) is 8.78. The van der Waals surface area contributed by atoms with E-state index in [1.807, 2.05) is 0 Å². The van der Waals surface area contributed by atoms with E-state index in [2.05, 4.69) is 15.0 Å². The molecule has 0 unspecified atom stereocenters. The molecular formula is C29H9F12N3. The van der Waals surface area contributed by atoms with Gasteiger partial charge in [0.2, 0.25) is 34.9 Å². The van der Waals surface area contributed by atoms with Gasteiger partial charge in [0, 0.05) is 16.7 Å². The molecule has 0 saturated carbocycles. The molecule has 0 bridgehead atoms. The minimum atomic E-state index is -2.54. The van der Waals surface area contributed by atoms with Gasteiger partial charge in [-0.25, -0.2) is 41.3 Å². The summed E-state index contributed by atoms with van der Waals surface area (Å²) in [6.07, 6.45) is 2.31. The molecule has 44 heavy (non-hydrogen) atoms. The molecule has 0 saturated heterocycles. The van der Waals surface area contributed by atoms with Crippen molar-refractivity contribution in [2.75, 3.05) is 0 Å². The molecule has 15 heteroatoms. The lowest BCUT2D eigenvalue weighted by atomic mass is 9.88. The molecule has 0 radical (unpaired) electrons. The van der Waals surface area contributed by atoms with Crippen LogP contribution in [0.5, 0.6) is 0 Å². The van der Waals surface area contributed by atoms with Crippen LogP contribution in [-0.4, -0.2) is 15.0 Å². The van der Waals surface area contributed by atoms with Gasteiger partial charge < -0.3 is 0 Å². The summed E-state index contributed by atoms with van der Waals surface area (Å²) < 4.78 is 173. The molecule has 3 nitrogen and oxygen atoms in total. The van der Waals surface area contributed by atoms with Crippen LogP contribution >= 0.6 is 0 Å². The lowest BCUT2D eigenvalue weighted by molar-refractivity contribution is 0.392. The van der Waals surface area contributed by atoms with Crippen LogP contribution in [0.25, 0.3) is 45.9 Å². The van der Waals surface area contributed by atoms with E-state index < -0.39 is 110 Å². The van der Waals surface area contributed by atoms with Gasteiger partial charge in [0.25, 0.3) is 17.8 Å². The van der Waals surface area contributed by atoms with E-state index in [9.17, 15) is 43.9 Å². The quantitative estimate of drug-likeness (QED) is 0.111. The van der Waals surface area contributed by atoms with Crippen LogP contribution in [0.1, 0.15) is 11.1 Å². The van der Waals surface area contributed by atoms with E-state index in [1.165, 1.54) is 18.2 Å². The molecule has 0 atom stereocenters. The number of rotatable bonds is 5. The molecule has 224 valence electrons. The Morgan fingerprint density at radius 1 is 0.386 bits per heavy atom. The third-order valence-electron chi connectivity index (χ3n) is 6.17. The molecular weight excluding hydrogens is 618 g/mol. The number of pyridine rings is 3. The molecule has 2 aromatic carbocycles. The summed E-state index contributed by atoms with van der Waals surface area (Å²) >= 11 is 0. The van der Waals surface area contributed by atoms with Crippen LogP contribution in [0.2, 0.25) is 0 Å². The normalized spacial score (nSPS) is 11.5. The third kappa shape index (κ3) is 5.03. The average Bonchev–Trinajstić information content (AvgIpc) is 3.02. The maximum absolute atomic E-state index is 15.2. The lowest BCUT2D eigenvalue weighted by Gasteiger charge is -2.19. The second-order valence-corrected chi connectivity index (χ2v) is 8.78. The number of hydrogen-bond donors (Lipinski definition) is 0. The Bertz CT molecular complexity index is 2000. The SMILES string of the molecule is Fc1nc(-c2ccc(C=Cc3ccccc3)c(-c3nc(F)c(F)c(F)c3F)c2-c2nc(F)c(F)c(F)c2F)c(F)c(F)c1F. The van der Waals surface area contributed by atoms with Crippen LogP contribution in [0, 0.1) is 70.2 Å². The van der Waals surface area contributed by atoms with E-state index in [0.29, 0.717) is 11.6 Å². The standard InChI is InChI=1S/C29H9F12N3/c30-15-18(33)24(42-27(39)21(15)36)12-9-8-11(7-6-10-4-2-1-3-5-10)13(25-19(34)16(31)22(37)28(40)43-25)14(12)26-20(35)17(32)23(38)29(41)44-26/h1-9H. The lowest BCUT2D eigenvalue weighted by Crippen LogP contribution is -2.10. The second kappa shape index (κ2) is 11.5. The highest BCUT2D eigenvalue weighted by Crippen LogP contribution is 2.45. The van der Waals surface area contributed by atoms with Crippen molar-refractivity contribution in [1.29, 1.82) is 0 Å². The summed E-state index contributed by atoms with van der Waals surface area (Å²) in [5.41, 5.74) is -8.37. The van der Waals surface area contributed by atoms with Crippen molar-refractivity contribution in [3.8, 4) is 33.8 Å². The smallest absolute Gasteiger partial charge is 0.214 e. The maximum atomic E-state index is 15.2. The molecule has 0 fully saturated rings. The maximum Gasteiger partial charge on any atom is 0.252 e. The van der Waals surface area contributed by atoms with Gasteiger partial charge >= 0.3 is 0 Å². The zero-order chi connectivity index (χ0) is 32.0. The molecule has 5 rings (SSSR count). The number of benzene rings is 2. The number of nitrogens with zero attached hydrogens (tertiary/aromatic N) is 3. The van der Waals surface area contributed by atoms with Crippen LogP contribution in [0.4, 0.5) is 52.7 Å². The molecule has 0 spiro atoms. The predicted molar refractivity (Wildman–Crippen MR) is 131 cm³/mol. The molecule has 0 aliphatic carbocycles. The molecule has 3 heterocycles. The van der Waals surface area contributed by atoms with Crippen molar-refractivity contribution >= 4 is 12.2 Å². The highest BCUT2D eigenvalue weighted by Gasteiger charge is 2.33. The largest absolute Gasteiger partial charge is 0.252 e. The van der Waals surface area contributed by atoms with E-state index in [1.54, 1.807) is 18.2 Å². The first-order valence-electron chi connectivity index (χ1n) is 11.8. The van der Waals surface area contributed by atoms with Gasteiger partial charge in [-0.2, -0.15) is 26.3 Å². The van der Waals surface area contributed by atoms with Crippen molar-refractivity contribution in [2.24, 2.45) is 0 Å². The first-order valence-corrected chi connectivity index (χ1v) is 11.8. The minimum absolute atomic E-state index is 0.410. The predicted octanol–water partition coefficient (Wildman–Crippen LogP) is 8.71. The van der Waals surface area contributed by atoms with E-state index in [-0.39, 0.29) is 0 Å². The number of halogens is 12. The van der Waals surface area contributed by atoms with Crippen molar-refractivity contribution < 1.29 is 52.7 Å². The Balaban J connectivity index is 2.02. The van der Waals surface area contributed by atoms with Crippen LogP contribution in [0.15, 0.2) is 42.5 Å². The van der Waals surface area contributed by atoms with E-state index >= 15 is 8.78 Å². The number of aromatic nitrogens is 3. The summed E-state index contributed by atoms with van der Waals surface area (Å²) in [5, 5.41) is 0. The van der Waals surface area contributed by atoms with Crippen molar-refractivity contribution in [1.82, 2.24) is 15.0 Å². The van der Waals surface area contributed by atoms with Crippen LogP contribution in [0.3, 0.4) is 0 Å². The van der Waals surface area contributed by atoms with Gasteiger partial charge in [-0.3, -0.25) is 0 Å². The van der Waals surface area contributed by atoms with Crippen LogP contribution < -0.4 is 0 Å². The Hall–Kier alpha value is -5.21. The Morgan fingerprint density at radius 3 is 1.32 bits per heavy atom. The summed E-state index contributed by atoms with van der Waals surface area (Å²) in [6.45, 7) is 0. The number of hydrogen-bond acceptors (Lipinski definition) is 3. The Kier molecular flexibility index (Phi) is 7.88. The van der Waals surface area contributed by atoms with Gasteiger partial charge in [-0.05, 0) is 11.1 Å². The summed E-state index contributed by atoms with van der Waals surface area (Å²) in [7, 11) is 0. The Morgan fingerprint density at radius 2 is 0.818 bits per heavy atom. The summed E-state index contributed by atoms with van der Waals surface area (Å²) in [6, 6.07) is 9.32. The fraction of sp³-hybridized carbons (Fsp3) is 0. The van der Waals surface area contributed by atoms with E-state index in [0.717, 1.165) is 12.1 Å². The molecule has 3 aromatic heterocycles. The summed E-state index contributed by atoms with van der Waals surface area (Å²) in [5.74, 6) is -28.5. The molecule has 0 aliphatic rings. The topological polar surface area (TPSA) is 38.7 Å². The molecule has 0 N–H and O–H groups in total. The Labute approximate surface area is 237 Å². The first kappa shape index (κ1) is 30.3. The van der Waals surface area contributed by atoms with Crippen molar-refractivity contribution in [3.05, 3.63) is 124 Å². The highest BCUT2D eigenvalue weighted by molar-refractivity contribution is 5.97. The highest BCUT2D eigenvalue weighted by atomic mass is 19.2. The van der Waals surface area contributed by atoms with Crippen molar-refractivity contribution in [3.63, 3.8) is 0 Å². The molecule has 0 aliphatic heterocycles. The average molecular weight is 627 g/mol.